The molecular weight excluding hydrogens is 349 g/mol. The van der Waals surface area contributed by atoms with Gasteiger partial charge in [-0.3, -0.25) is 4.79 Å². The lowest BCUT2D eigenvalue weighted by Gasteiger charge is -2.30. The predicted molar refractivity (Wildman–Crippen MR) is 123 cm³/mol. The van der Waals surface area contributed by atoms with E-state index in [-0.39, 0.29) is 0 Å². The largest absolute Gasteiger partial charge is 0.338 e. The minimum atomic E-state index is -0.758. The number of hydrogen-bond donors (Lipinski definition) is 0. The minimum absolute atomic E-state index is 0.393. The first-order valence-electron chi connectivity index (χ1n) is 11.1. The topological polar surface area (TPSA) is 20.3 Å². The normalized spacial score (nSPS) is 12.6. The van der Waals surface area contributed by atoms with Crippen molar-refractivity contribution < 1.29 is 4.79 Å². The van der Waals surface area contributed by atoms with Crippen molar-refractivity contribution >= 4 is 18.9 Å². The van der Waals surface area contributed by atoms with Gasteiger partial charge in [0.15, 0.2) is 0 Å². The summed E-state index contributed by atoms with van der Waals surface area (Å²) < 4.78 is 0. The van der Waals surface area contributed by atoms with Gasteiger partial charge in [0.05, 0.1) is 0 Å². The molecule has 27 heavy (non-hydrogen) atoms. The van der Waals surface area contributed by atoms with Crippen LogP contribution in [0.1, 0.15) is 79.6 Å². The van der Waals surface area contributed by atoms with Crippen LogP contribution in [0.4, 0.5) is 4.79 Å². The monoisotopic (exact) mass is 391 g/mol. The molecule has 0 aliphatic carbocycles. The van der Waals surface area contributed by atoms with Crippen molar-refractivity contribution in [3.63, 3.8) is 0 Å². The van der Waals surface area contributed by atoms with Crippen LogP contribution in [-0.2, 0) is 0 Å². The fourth-order valence-corrected chi connectivity index (χ4v) is 5.70. The summed E-state index contributed by atoms with van der Waals surface area (Å²) in [5, 5.41) is 1.25. The van der Waals surface area contributed by atoms with Crippen LogP contribution in [0.2, 0.25) is 0 Å². The van der Waals surface area contributed by atoms with Crippen LogP contribution < -0.4 is 5.30 Å². The molecule has 154 valence electrons. The van der Waals surface area contributed by atoms with Crippen LogP contribution in [0.15, 0.2) is 30.3 Å². The van der Waals surface area contributed by atoms with Crippen molar-refractivity contribution in [1.29, 1.82) is 0 Å². The molecule has 0 saturated heterocycles. The molecule has 0 aliphatic rings. The quantitative estimate of drug-likeness (QED) is 0.241. The molecule has 1 atom stereocenters. The Kier molecular flexibility index (Phi) is 12.7. The van der Waals surface area contributed by atoms with Gasteiger partial charge in [-0.25, -0.2) is 0 Å². The number of amides is 1. The summed E-state index contributed by atoms with van der Waals surface area (Å²) in [5.41, 5.74) is 0.393. The number of benzene rings is 1. The molecule has 0 heterocycles. The number of carbonyl (C=O) groups is 1. The smallest absolute Gasteiger partial charge is 0.248 e. The molecule has 0 N–H and O–H groups in total. The zero-order valence-electron chi connectivity index (χ0n) is 18.4. The van der Waals surface area contributed by atoms with Crippen molar-refractivity contribution in [2.45, 2.75) is 79.6 Å². The molecule has 1 amide bonds. The first-order valence-corrected chi connectivity index (χ1v) is 12.6. The molecular formula is C24H42NOP. The second-order valence-electron chi connectivity index (χ2n) is 8.58. The third-order valence-corrected chi connectivity index (χ3v) is 7.16. The van der Waals surface area contributed by atoms with Gasteiger partial charge in [0.1, 0.15) is 0 Å². The Morgan fingerprint density at radius 2 is 1.37 bits per heavy atom. The van der Waals surface area contributed by atoms with Crippen molar-refractivity contribution in [3.05, 3.63) is 30.3 Å². The highest BCUT2D eigenvalue weighted by Crippen LogP contribution is 2.39. The maximum absolute atomic E-state index is 13.5. The summed E-state index contributed by atoms with van der Waals surface area (Å²) >= 11 is 0. The molecule has 0 spiro atoms. The summed E-state index contributed by atoms with van der Waals surface area (Å²) in [7, 11) is -0.758. The average molecular weight is 392 g/mol. The molecule has 0 aliphatic heterocycles. The molecule has 1 unspecified atom stereocenters. The Morgan fingerprint density at radius 1 is 0.852 bits per heavy atom. The van der Waals surface area contributed by atoms with Gasteiger partial charge in [0, 0.05) is 21.0 Å². The van der Waals surface area contributed by atoms with Crippen LogP contribution in [0.5, 0.6) is 0 Å². The summed E-state index contributed by atoms with van der Waals surface area (Å²) in [6.07, 6.45) is 10.2. The molecule has 0 radical (unpaired) electrons. The molecule has 1 aromatic carbocycles. The van der Waals surface area contributed by atoms with Crippen molar-refractivity contribution in [3.8, 4) is 0 Å². The third kappa shape index (κ3) is 10.3. The molecule has 3 heteroatoms. The second-order valence-corrected chi connectivity index (χ2v) is 10.8. The number of nitrogens with zero attached hydrogens (tertiary/aromatic N) is 1. The maximum atomic E-state index is 13.5. The van der Waals surface area contributed by atoms with E-state index in [2.05, 4.69) is 69.9 Å². The van der Waals surface area contributed by atoms with Gasteiger partial charge in [0.25, 0.3) is 0 Å². The molecule has 0 bridgehead atoms. The number of hydrogen-bond acceptors (Lipinski definition) is 1. The van der Waals surface area contributed by atoms with Gasteiger partial charge < -0.3 is 4.90 Å². The number of rotatable bonds is 14. The lowest BCUT2D eigenvalue weighted by Crippen LogP contribution is -2.36. The molecule has 0 aromatic heterocycles. The zero-order chi connectivity index (χ0) is 20.1. The van der Waals surface area contributed by atoms with E-state index in [1.165, 1.54) is 50.3 Å². The third-order valence-electron chi connectivity index (χ3n) is 4.73. The van der Waals surface area contributed by atoms with Gasteiger partial charge >= 0.3 is 0 Å². The van der Waals surface area contributed by atoms with Crippen LogP contribution in [0.25, 0.3) is 0 Å². The summed E-state index contributed by atoms with van der Waals surface area (Å²) in [5.74, 6) is 1.03. The van der Waals surface area contributed by atoms with E-state index in [1.54, 1.807) is 0 Å². The standard InChI is InChI=1S/C24H42NOP/c1-6-7-8-9-10-11-15-18-27(23-16-13-12-14-17-23)24(26)25(19-21(2)3)20-22(4)5/h12-14,16-17,21-22H,6-11,15,18-20H2,1-5H3. The van der Waals surface area contributed by atoms with Gasteiger partial charge in [0.2, 0.25) is 5.65 Å². The van der Waals surface area contributed by atoms with E-state index < -0.39 is 7.92 Å². The highest BCUT2D eigenvalue weighted by molar-refractivity contribution is 7.81. The Morgan fingerprint density at radius 3 is 1.89 bits per heavy atom. The first-order chi connectivity index (χ1) is 13.0. The number of carbonyl (C=O) groups excluding carboxylic acids is 1. The number of unbranched alkanes of at least 4 members (excludes halogenated alkanes) is 6. The molecule has 0 fully saturated rings. The predicted octanol–water partition coefficient (Wildman–Crippen LogP) is 7.28. The van der Waals surface area contributed by atoms with E-state index in [1.807, 2.05) is 0 Å². The fourth-order valence-electron chi connectivity index (χ4n) is 3.45. The summed E-state index contributed by atoms with van der Waals surface area (Å²) in [6.45, 7) is 12.9. The summed E-state index contributed by atoms with van der Waals surface area (Å²) in [4.78, 5) is 15.6. The molecule has 0 saturated carbocycles. The van der Waals surface area contributed by atoms with Gasteiger partial charge in [-0.2, -0.15) is 0 Å². The van der Waals surface area contributed by atoms with Crippen LogP contribution in [0.3, 0.4) is 0 Å². The summed E-state index contributed by atoms with van der Waals surface area (Å²) in [6, 6.07) is 10.5. The Bertz CT molecular complexity index is 490. The van der Waals surface area contributed by atoms with Crippen LogP contribution >= 0.6 is 7.92 Å². The molecule has 1 aromatic rings. The minimum Gasteiger partial charge on any atom is -0.338 e. The molecule has 1 rings (SSSR count). The van der Waals surface area contributed by atoms with E-state index >= 15 is 0 Å². The van der Waals surface area contributed by atoms with E-state index in [0.29, 0.717) is 17.5 Å². The Labute approximate surface area is 169 Å². The zero-order valence-corrected chi connectivity index (χ0v) is 19.3. The highest BCUT2D eigenvalue weighted by atomic mass is 31.1. The van der Waals surface area contributed by atoms with E-state index in [4.69, 9.17) is 0 Å². The Hall–Kier alpha value is -0.880. The first kappa shape index (κ1) is 24.2. The highest BCUT2D eigenvalue weighted by Gasteiger charge is 2.26. The van der Waals surface area contributed by atoms with Crippen LogP contribution in [-0.4, -0.2) is 29.8 Å². The van der Waals surface area contributed by atoms with E-state index in [0.717, 1.165) is 19.3 Å². The average Bonchev–Trinajstić information content (AvgIpc) is 2.63. The fraction of sp³-hybridized carbons (Fsp3) is 0.708. The Balaban J connectivity index is 2.73. The van der Waals surface area contributed by atoms with Crippen molar-refractivity contribution in [2.75, 3.05) is 19.3 Å². The lowest BCUT2D eigenvalue weighted by atomic mass is 10.1. The van der Waals surface area contributed by atoms with Crippen molar-refractivity contribution in [2.24, 2.45) is 11.8 Å². The second kappa shape index (κ2) is 14.2. The molecule has 2 nitrogen and oxygen atoms in total. The lowest BCUT2D eigenvalue weighted by molar-refractivity contribution is 0.207. The van der Waals surface area contributed by atoms with Gasteiger partial charge in [-0.15, -0.1) is 0 Å². The van der Waals surface area contributed by atoms with Gasteiger partial charge in [-0.05, 0) is 29.7 Å². The van der Waals surface area contributed by atoms with Crippen molar-refractivity contribution in [1.82, 2.24) is 4.90 Å². The van der Waals surface area contributed by atoms with Gasteiger partial charge in [-0.1, -0.05) is 103 Å². The maximum Gasteiger partial charge on any atom is 0.248 e. The van der Waals surface area contributed by atoms with Crippen LogP contribution in [0, 0.1) is 11.8 Å². The van der Waals surface area contributed by atoms with E-state index in [9.17, 15) is 4.79 Å². The SMILES string of the molecule is CCCCCCCCCP(C(=O)N(CC(C)C)CC(C)C)c1ccccc1.